The average molecular weight is 221 g/mol. The lowest BCUT2D eigenvalue weighted by Crippen LogP contribution is -2.20. The number of hydrogen-bond acceptors (Lipinski definition) is 3. The predicted molar refractivity (Wildman–Crippen MR) is 63.8 cm³/mol. The van der Waals surface area contributed by atoms with Crippen LogP contribution in [-0.4, -0.2) is 26.3 Å². The van der Waals surface area contributed by atoms with Crippen LogP contribution in [0, 0.1) is 0 Å². The standard InChI is InChI=1S/C13H19NO2/c1-2-15-12-7-4-3-6-11(12)13-10-14-8-5-9-16-13/h3-4,6-7,13-14H,2,5,8-10H2,1H3. The summed E-state index contributed by atoms with van der Waals surface area (Å²) in [7, 11) is 0. The smallest absolute Gasteiger partial charge is 0.125 e. The molecule has 1 unspecified atom stereocenters. The van der Waals surface area contributed by atoms with Crippen LogP contribution < -0.4 is 10.1 Å². The molecule has 1 aromatic rings. The molecule has 1 fully saturated rings. The Morgan fingerprint density at radius 3 is 3.19 bits per heavy atom. The third kappa shape index (κ3) is 2.74. The molecule has 1 heterocycles. The molecule has 2 rings (SSSR count). The van der Waals surface area contributed by atoms with Crippen molar-refractivity contribution in [3.63, 3.8) is 0 Å². The Balaban J connectivity index is 2.16. The van der Waals surface area contributed by atoms with Crippen molar-refractivity contribution in [1.29, 1.82) is 0 Å². The molecule has 1 aliphatic heterocycles. The lowest BCUT2D eigenvalue weighted by molar-refractivity contribution is 0.0647. The summed E-state index contributed by atoms with van der Waals surface area (Å²) in [6.07, 6.45) is 1.19. The van der Waals surface area contributed by atoms with Gasteiger partial charge in [0.15, 0.2) is 0 Å². The maximum absolute atomic E-state index is 5.83. The summed E-state index contributed by atoms with van der Waals surface area (Å²) < 4.78 is 11.5. The molecule has 88 valence electrons. The summed E-state index contributed by atoms with van der Waals surface area (Å²) in [6, 6.07) is 8.13. The Morgan fingerprint density at radius 2 is 2.31 bits per heavy atom. The summed E-state index contributed by atoms with van der Waals surface area (Å²) in [6.45, 7) is 5.41. The minimum atomic E-state index is 0.116. The van der Waals surface area contributed by atoms with Crippen LogP contribution in [0.3, 0.4) is 0 Å². The molecular weight excluding hydrogens is 202 g/mol. The van der Waals surface area contributed by atoms with E-state index in [0.717, 1.165) is 37.4 Å². The normalized spacial score (nSPS) is 21.4. The highest BCUT2D eigenvalue weighted by atomic mass is 16.5. The van der Waals surface area contributed by atoms with E-state index in [0.29, 0.717) is 6.61 Å². The van der Waals surface area contributed by atoms with Crippen LogP contribution in [0.2, 0.25) is 0 Å². The van der Waals surface area contributed by atoms with E-state index in [4.69, 9.17) is 9.47 Å². The fourth-order valence-electron chi connectivity index (χ4n) is 1.95. The zero-order chi connectivity index (χ0) is 11.2. The number of nitrogens with one attached hydrogen (secondary N) is 1. The molecule has 0 aromatic heterocycles. The highest BCUT2D eigenvalue weighted by molar-refractivity contribution is 5.35. The van der Waals surface area contributed by atoms with E-state index in [9.17, 15) is 0 Å². The van der Waals surface area contributed by atoms with Crippen molar-refractivity contribution in [2.75, 3.05) is 26.3 Å². The summed E-state index contributed by atoms with van der Waals surface area (Å²) >= 11 is 0. The van der Waals surface area contributed by atoms with Crippen LogP contribution in [0.5, 0.6) is 5.75 Å². The van der Waals surface area contributed by atoms with Gasteiger partial charge in [0.25, 0.3) is 0 Å². The van der Waals surface area contributed by atoms with E-state index in [2.05, 4.69) is 11.4 Å². The van der Waals surface area contributed by atoms with Crippen LogP contribution >= 0.6 is 0 Å². The Labute approximate surface area is 96.8 Å². The highest BCUT2D eigenvalue weighted by Gasteiger charge is 2.17. The molecule has 3 nitrogen and oxygen atoms in total. The fourth-order valence-corrected chi connectivity index (χ4v) is 1.95. The second-order valence-corrected chi connectivity index (χ2v) is 3.89. The first-order valence-corrected chi connectivity index (χ1v) is 5.96. The quantitative estimate of drug-likeness (QED) is 0.848. The van der Waals surface area contributed by atoms with Gasteiger partial charge in [0.2, 0.25) is 0 Å². The van der Waals surface area contributed by atoms with Crippen molar-refractivity contribution >= 4 is 0 Å². The number of benzene rings is 1. The van der Waals surface area contributed by atoms with E-state index in [1.165, 1.54) is 0 Å². The van der Waals surface area contributed by atoms with E-state index < -0.39 is 0 Å². The summed E-state index contributed by atoms with van der Waals surface area (Å²) in [5.41, 5.74) is 1.15. The molecule has 0 bridgehead atoms. The van der Waals surface area contributed by atoms with Gasteiger partial charge in [0.1, 0.15) is 5.75 Å². The number of hydrogen-bond donors (Lipinski definition) is 1. The van der Waals surface area contributed by atoms with Gasteiger partial charge in [0, 0.05) is 18.7 Å². The molecule has 0 amide bonds. The van der Waals surface area contributed by atoms with Crippen LogP contribution in [0.4, 0.5) is 0 Å². The molecular formula is C13H19NO2. The number of para-hydroxylation sites is 1. The second-order valence-electron chi connectivity index (χ2n) is 3.89. The van der Waals surface area contributed by atoms with Gasteiger partial charge in [-0.2, -0.15) is 0 Å². The molecule has 1 aliphatic rings. The van der Waals surface area contributed by atoms with Gasteiger partial charge in [-0.3, -0.25) is 0 Å². The van der Waals surface area contributed by atoms with Gasteiger partial charge in [0.05, 0.1) is 12.7 Å². The summed E-state index contributed by atoms with van der Waals surface area (Å²) in [4.78, 5) is 0. The Morgan fingerprint density at radius 1 is 1.44 bits per heavy atom. The van der Waals surface area contributed by atoms with Crippen molar-refractivity contribution in [2.45, 2.75) is 19.4 Å². The highest BCUT2D eigenvalue weighted by Crippen LogP contribution is 2.28. The minimum Gasteiger partial charge on any atom is -0.493 e. The van der Waals surface area contributed by atoms with E-state index in [-0.39, 0.29) is 6.10 Å². The third-order valence-corrected chi connectivity index (χ3v) is 2.71. The largest absolute Gasteiger partial charge is 0.493 e. The van der Waals surface area contributed by atoms with Crippen molar-refractivity contribution in [3.8, 4) is 5.75 Å². The van der Waals surface area contributed by atoms with Crippen molar-refractivity contribution < 1.29 is 9.47 Å². The maximum Gasteiger partial charge on any atom is 0.125 e. The van der Waals surface area contributed by atoms with E-state index >= 15 is 0 Å². The van der Waals surface area contributed by atoms with E-state index in [1.807, 2.05) is 25.1 Å². The molecule has 0 aliphatic carbocycles. The Hall–Kier alpha value is -1.06. The zero-order valence-corrected chi connectivity index (χ0v) is 9.74. The first kappa shape index (κ1) is 11.4. The SMILES string of the molecule is CCOc1ccccc1C1CNCCCO1. The van der Waals surface area contributed by atoms with Gasteiger partial charge in [-0.25, -0.2) is 0 Å². The molecule has 1 saturated heterocycles. The predicted octanol–water partition coefficient (Wildman–Crippen LogP) is 2.14. The maximum atomic E-state index is 5.83. The van der Waals surface area contributed by atoms with Crippen molar-refractivity contribution in [3.05, 3.63) is 29.8 Å². The third-order valence-electron chi connectivity index (χ3n) is 2.71. The Bertz CT molecular complexity index is 319. The van der Waals surface area contributed by atoms with Crippen molar-refractivity contribution in [2.24, 2.45) is 0 Å². The average Bonchev–Trinajstić information content (AvgIpc) is 2.59. The van der Waals surface area contributed by atoms with Gasteiger partial charge < -0.3 is 14.8 Å². The molecule has 1 atom stereocenters. The van der Waals surface area contributed by atoms with Gasteiger partial charge >= 0.3 is 0 Å². The zero-order valence-electron chi connectivity index (χ0n) is 9.74. The molecule has 3 heteroatoms. The topological polar surface area (TPSA) is 30.5 Å². The number of ether oxygens (including phenoxy) is 2. The lowest BCUT2D eigenvalue weighted by atomic mass is 10.1. The first-order valence-electron chi connectivity index (χ1n) is 5.96. The second kappa shape index (κ2) is 5.87. The summed E-state index contributed by atoms with van der Waals surface area (Å²) in [5.74, 6) is 0.943. The summed E-state index contributed by atoms with van der Waals surface area (Å²) in [5, 5.41) is 3.38. The van der Waals surface area contributed by atoms with Crippen LogP contribution in [0.1, 0.15) is 25.0 Å². The van der Waals surface area contributed by atoms with Gasteiger partial charge in [-0.15, -0.1) is 0 Å². The van der Waals surface area contributed by atoms with Crippen LogP contribution in [0.25, 0.3) is 0 Å². The first-order chi connectivity index (χ1) is 7.92. The lowest BCUT2D eigenvalue weighted by Gasteiger charge is -2.18. The monoisotopic (exact) mass is 221 g/mol. The molecule has 0 saturated carbocycles. The molecule has 1 aromatic carbocycles. The van der Waals surface area contributed by atoms with Crippen LogP contribution in [0.15, 0.2) is 24.3 Å². The van der Waals surface area contributed by atoms with Gasteiger partial charge in [-0.05, 0) is 26.0 Å². The Kier molecular flexibility index (Phi) is 4.19. The number of rotatable bonds is 3. The van der Waals surface area contributed by atoms with Gasteiger partial charge in [-0.1, -0.05) is 18.2 Å². The van der Waals surface area contributed by atoms with Crippen LogP contribution in [-0.2, 0) is 4.74 Å². The molecule has 1 N–H and O–H groups in total. The minimum absolute atomic E-state index is 0.116. The molecule has 16 heavy (non-hydrogen) atoms. The van der Waals surface area contributed by atoms with Crippen molar-refractivity contribution in [1.82, 2.24) is 5.32 Å². The van der Waals surface area contributed by atoms with E-state index in [1.54, 1.807) is 0 Å². The molecule has 0 radical (unpaired) electrons. The molecule has 0 spiro atoms. The fraction of sp³-hybridized carbons (Fsp3) is 0.538.